The molecule has 2 rings (SSSR count). The van der Waals surface area contributed by atoms with Gasteiger partial charge >= 0.3 is 0 Å². The Labute approximate surface area is 121 Å². The Balaban J connectivity index is 2.04. The van der Waals surface area contributed by atoms with E-state index in [2.05, 4.69) is 43.0 Å². The van der Waals surface area contributed by atoms with Crippen LogP contribution in [-0.4, -0.2) is 27.8 Å². The summed E-state index contributed by atoms with van der Waals surface area (Å²) in [6, 6.07) is 10.7. The first-order valence-corrected chi connectivity index (χ1v) is 6.95. The molecule has 0 aliphatic heterocycles. The lowest BCUT2D eigenvalue weighted by Gasteiger charge is -2.20. The molecule has 0 spiro atoms. The molecule has 4 heteroatoms. The second-order valence-corrected chi connectivity index (χ2v) is 5.42. The Morgan fingerprint density at radius 1 is 1.25 bits per heavy atom. The molecule has 1 aromatic heterocycles. The molecular formula is C16H23N3O. The Hall–Kier alpha value is -1.81. The van der Waals surface area contributed by atoms with E-state index in [1.54, 1.807) is 0 Å². The molecule has 0 aliphatic carbocycles. The highest BCUT2D eigenvalue weighted by Gasteiger charge is 2.13. The monoisotopic (exact) mass is 273 g/mol. The number of rotatable bonds is 6. The highest BCUT2D eigenvalue weighted by Crippen LogP contribution is 2.19. The van der Waals surface area contributed by atoms with E-state index >= 15 is 0 Å². The third-order valence-electron chi connectivity index (χ3n) is 3.39. The lowest BCUT2D eigenvalue weighted by molar-refractivity contribution is 0.250. The summed E-state index contributed by atoms with van der Waals surface area (Å²) >= 11 is 0. The van der Waals surface area contributed by atoms with Crippen LogP contribution in [0.5, 0.6) is 5.88 Å². The van der Waals surface area contributed by atoms with E-state index in [4.69, 9.17) is 4.74 Å². The first kappa shape index (κ1) is 14.6. The number of aryl methyl sites for hydroxylation is 1. The highest BCUT2D eigenvalue weighted by atomic mass is 16.5. The van der Waals surface area contributed by atoms with Crippen LogP contribution >= 0.6 is 0 Å². The zero-order valence-electron chi connectivity index (χ0n) is 12.7. The summed E-state index contributed by atoms with van der Waals surface area (Å²) in [7, 11) is 4.03. The van der Waals surface area contributed by atoms with E-state index in [1.165, 1.54) is 0 Å². The smallest absolute Gasteiger partial charge is 0.237 e. The summed E-state index contributed by atoms with van der Waals surface area (Å²) in [5, 5.41) is 4.41. The van der Waals surface area contributed by atoms with Gasteiger partial charge in [-0.15, -0.1) is 5.10 Å². The lowest BCUT2D eigenvalue weighted by Crippen LogP contribution is -2.25. The molecule has 2 aromatic rings. The van der Waals surface area contributed by atoms with Crippen molar-refractivity contribution in [2.45, 2.75) is 33.0 Å². The topological polar surface area (TPSA) is 30.3 Å². The van der Waals surface area contributed by atoms with Crippen LogP contribution in [0.25, 0.3) is 0 Å². The minimum atomic E-state index is 0.497. The molecule has 0 unspecified atom stereocenters. The molecule has 0 saturated carbocycles. The van der Waals surface area contributed by atoms with E-state index in [0.29, 0.717) is 12.6 Å². The van der Waals surface area contributed by atoms with Crippen molar-refractivity contribution in [2.75, 3.05) is 7.05 Å². The molecule has 0 atom stereocenters. The summed E-state index contributed by atoms with van der Waals surface area (Å²) < 4.78 is 7.68. The lowest BCUT2D eigenvalue weighted by atomic mass is 10.2. The van der Waals surface area contributed by atoms with Gasteiger partial charge in [-0.25, -0.2) is 0 Å². The van der Waals surface area contributed by atoms with Crippen molar-refractivity contribution in [1.29, 1.82) is 0 Å². The van der Waals surface area contributed by atoms with Crippen molar-refractivity contribution >= 4 is 0 Å². The van der Waals surface area contributed by atoms with Crippen LogP contribution < -0.4 is 4.74 Å². The van der Waals surface area contributed by atoms with E-state index < -0.39 is 0 Å². The maximum atomic E-state index is 5.87. The van der Waals surface area contributed by atoms with Crippen LogP contribution in [0.4, 0.5) is 0 Å². The fourth-order valence-electron chi connectivity index (χ4n) is 1.92. The molecule has 0 amide bonds. The molecule has 0 radical (unpaired) electrons. The van der Waals surface area contributed by atoms with Crippen molar-refractivity contribution in [1.82, 2.24) is 14.7 Å². The maximum absolute atomic E-state index is 5.87. The first-order chi connectivity index (χ1) is 9.56. The molecule has 0 fully saturated rings. The van der Waals surface area contributed by atoms with Gasteiger partial charge in [0.2, 0.25) is 5.88 Å². The summed E-state index contributed by atoms with van der Waals surface area (Å²) in [6.07, 6.45) is 2.03. The predicted octanol–water partition coefficient (Wildman–Crippen LogP) is 2.84. The maximum Gasteiger partial charge on any atom is 0.237 e. The average molecular weight is 273 g/mol. The molecule has 1 heterocycles. The largest absolute Gasteiger partial charge is 0.472 e. The number of hydrogen-bond donors (Lipinski definition) is 0. The van der Waals surface area contributed by atoms with Gasteiger partial charge in [-0.2, -0.15) is 0 Å². The molecule has 1 aromatic carbocycles. The standard InChI is InChI=1S/C16H23N3O/c1-13(2)18(3)10-15-11-19(4)17-16(15)20-12-14-8-6-5-7-9-14/h5-9,11,13H,10,12H2,1-4H3. The van der Waals surface area contributed by atoms with E-state index in [1.807, 2.05) is 36.1 Å². The zero-order valence-corrected chi connectivity index (χ0v) is 12.7. The van der Waals surface area contributed by atoms with Crippen LogP contribution in [0.1, 0.15) is 25.0 Å². The van der Waals surface area contributed by atoms with Gasteiger partial charge in [-0.1, -0.05) is 30.3 Å². The summed E-state index contributed by atoms with van der Waals surface area (Å²) in [4.78, 5) is 2.27. The van der Waals surface area contributed by atoms with Gasteiger partial charge < -0.3 is 4.74 Å². The second kappa shape index (κ2) is 6.57. The van der Waals surface area contributed by atoms with E-state index in [-0.39, 0.29) is 0 Å². The van der Waals surface area contributed by atoms with Gasteiger partial charge in [0.1, 0.15) is 6.61 Å². The molecule has 0 saturated heterocycles. The highest BCUT2D eigenvalue weighted by molar-refractivity contribution is 5.24. The van der Waals surface area contributed by atoms with Gasteiger partial charge in [-0.3, -0.25) is 9.58 Å². The zero-order chi connectivity index (χ0) is 14.5. The van der Waals surface area contributed by atoms with Crippen molar-refractivity contribution in [3.8, 4) is 5.88 Å². The third-order valence-corrected chi connectivity index (χ3v) is 3.39. The number of nitrogens with zero attached hydrogens (tertiary/aromatic N) is 3. The quantitative estimate of drug-likeness (QED) is 0.810. The van der Waals surface area contributed by atoms with Crippen LogP contribution in [0.15, 0.2) is 36.5 Å². The van der Waals surface area contributed by atoms with Crippen molar-refractivity contribution in [2.24, 2.45) is 7.05 Å². The van der Waals surface area contributed by atoms with E-state index in [9.17, 15) is 0 Å². The fraction of sp³-hybridized carbons (Fsp3) is 0.438. The normalized spacial score (nSPS) is 11.3. The Morgan fingerprint density at radius 2 is 1.95 bits per heavy atom. The SMILES string of the molecule is CC(C)N(C)Cc1cn(C)nc1OCc1ccccc1. The molecule has 4 nitrogen and oxygen atoms in total. The summed E-state index contributed by atoms with van der Waals surface area (Å²) in [5.74, 6) is 0.726. The van der Waals surface area contributed by atoms with E-state index in [0.717, 1.165) is 23.6 Å². The molecule has 0 N–H and O–H groups in total. The Kier molecular flexibility index (Phi) is 4.79. The van der Waals surface area contributed by atoms with Crippen molar-refractivity contribution in [3.63, 3.8) is 0 Å². The summed E-state index contributed by atoms with van der Waals surface area (Å²) in [6.45, 7) is 5.76. The van der Waals surface area contributed by atoms with Gasteiger partial charge in [-0.05, 0) is 26.5 Å². The minimum absolute atomic E-state index is 0.497. The van der Waals surface area contributed by atoms with Crippen LogP contribution in [0, 0.1) is 0 Å². The number of aromatic nitrogens is 2. The van der Waals surface area contributed by atoms with Gasteiger partial charge in [0.05, 0.1) is 0 Å². The van der Waals surface area contributed by atoms with Crippen LogP contribution in [0.3, 0.4) is 0 Å². The predicted molar refractivity (Wildman–Crippen MR) is 80.6 cm³/mol. The Morgan fingerprint density at radius 3 is 2.60 bits per heavy atom. The fourth-order valence-corrected chi connectivity index (χ4v) is 1.92. The van der Waals surface area contributed by atoms with Crippen molar-refractivity contribution in [3.05, 3.63) is 47.7 Å². The second-order valence-electron chi connectivity index (χ2n) is 5.42. The first-order valence-electron chi connectivity index (χ1n) is 6.95. The van der Waals surface area contributed by atoms with Crippen molar-refractivity contribution < 1.29 is 4.74 Å². The molecule has 20 heavy (non-hydrogen) atoms. The minimum Gasteiger partial charge on any atom is -0.472 e. The molecule has 108 valence electrons. The Bertz CT molecular complexity index is 534. The third kappa shape index (κ3) is 3.84. The summed E-state index contributed by atoms with van der Waals surface area (Å²) in [5.41, 5.74) is 2.28. The van der Waals surface area contributed by atoms with Gasteiger partial charge in [0, 0.05) is 31.4 Å². The molecule has 0 bridgehead atoms. The molecule has 0 aliphatic rings. The van der Waals surface area contributed by atoms with Crippen LogP contribution in [-0.2, 0) is 20.2 Å². The number of hydrogen-bond acceptors (Lipinski definition) is 3. The van der Waals surface area contributed by atoms with Gasteiger partial charge in [0.25, 0.3) is 0 Å². The van der Waals surface area contributed by atoms with Crippen LogP contribution in [0.2, 0.25) is 0 Å². The average Bonchev–Trinajstić information content (AvgIpc) is 2.77. The van der Waals surface area contributed by atoms with Gasteiger partial charge in [0.15, 0.2) is 0 Å². The number of ether oxygens (including phenoxy) is 1. The number of benzene rings is 1. The molecular weight excluding hydrogens is 250 g/mol.